The molecule has 0 amide bonds. The van der Waals surface area contributed by atoms with Crippen molar-refractivity contribution in [2.45, 2.75) is 49.1 Å². The monoisotopic (exact) mass is 1060 g/mol. The van der Waals surface area contributed by atoms with Crippen LogP contribution in [0.3, 0.4) is 0 Å². The number of nitrogens with two attached hydrogens (primary N) is 2. The summed E-state index contributed by atoms with van der Waals surface area (Å²) in [5, 5.41) is 42.0. The molecule has 328 valence electrons. The van der Waals surface area contributed by atoms with Gasteiger partial charge < -0.3 is 65.8 Å². The van der Waals surface area contributed by atoms with Gasteiger partial charge in [-0.2, -0.15) is 22.2 Å². The number of aromatic amines is 1. The minimum Gasteiger partial charge on any atom is -0.387 e. The van der Waals surface area contributed by atoms with E-state index >= 15 is 0 Å². The molecule has 2 fully saturated rings. The van der Waals surface area contributed by atoms with Crippen molar-refractivity contribution in [3.8, 4) is 0 Å². The Hall–Kier alpha value is -2.30. The summed E-state index contributed by atoms with van der Waals surface area (Å²) in [7, 11) is -31.0. The molecule has 4 aromatic rings. The lowest BCUT2D eigenvalue weighted by atomic mass is 10.1. The fourth-order valence-electron chi connectivity index (χ4n) is 5.38. The Balaban J connectivity index is 1.01. The zero-order valence-electron chi connectivity index (χ0n) is 28.3. The molecule has 14 N–H and O–H groups in total. The summed E-state index contributed by atoms with van der Waals surface area (Å²) in [5.74, 6) is -0.401. The Morgan fingerprint density at radius 1 is 0.695 bits per heavy atom. The highest BCUT2D eigenvalue weighted by molar-refractivity contribution is 14.1. The number of aliphatic hydroxyl groups excluding tert-OH is 4. The van der Waals surface area contributed by atoms with Gasteiger partial charge in [-0.1, -0.05) is 0 Å². The molecule has 0 radical (unpaired) electrons. The maximum atomic E-state index is 12.5. The number of aliphatic hydroxyl groups is 4. The van der Waals surface area contributed by atoms with E-state index in [4.69, 9.17) is 20.9 Å². The number of phosphoric acid groups is 5. The summed E-state index contributed by atoms with van der Waals surface area (Å²) in [6.07, 6.45) is -11.7. The number of hydrogen-bond donors (Lipinski definition) is 12. The molecule has 0 bridgehead atoms. The van der Waals surface area contributed by atoms with Gasteiger partial charge in [-0.05, 0) is 0 Å². The molecule has 0 aromatic carbocycles. The number of rotatable bonds is 16. The summed E-state index contributed by atoms with van der Waals surface area (Å²) in [4.78, 5) is 83.4. The Morgan fingerprint density at radius 3 is 1.73 bits per heavy atom. The molecule has 0 aliphatic carbocycles. The average molecular weight is 1060 g/mol. The van der Waals surface area contributed by atoms with Crippen LogP contribution in [-0.2, 0) is 58.6 Å². The maximum absolute atomic E-state index is 12.5. The number of aromatic nitrogens is 8. The Morgan fingerprint density at radius 2 is 1.19 bits per heavy atom. The van der Waals surface area contributed by atoms with Crippen LogP contribution in [0.5, 0.6) is 0 Å². The van der Waals surface area contributed by atoms with E-state index in [2.05, 4.69) is 56.2 Å². The van der Waals surface area contributed by atoms with Gasteiger partial charge in [0.25, 0.3) is 5.56 Å². The topological polar surface area (TPSA) is 500 Å². The summed E-state index contributed by atoms with van der Waals surface area (Å²) in [5.41, 5.74) is 10.2. The second-order valence-electron chi connectivity index (χ2n) is 11.8. The van der Waals surface area contributed by atoms with Gasteiger partial charge in [-0.15, -0.1) is 0 Å². The number of phosphoric ester groups is 2. The molecular formula is C20H28IN10O23P5. The number of ether oxygens (including phenoxy) is 2. The number of hydrogen-bond acceptors (Lipinski definition) is 25. The molecule has 0 spiro atoms. The van der Waals surface area contributed by atoms with Crippen LogP contribution in [0.1, 0.15) is 12.5 Å². The predicted octanol–water partition coefficient (Wildman–Crippen LogP) is -2.43. The Bertz CT molecular complexity index is 2560. The summed E-state index contributed by atoms with van der Waals surface area (Å²) >= 11 is 1.63. The van der Waals surface area contributed by atoms with Gasteiger partial charge in [0, 0.05) is 22.6 Å². The lowest BCUT2D eigenvalue weighted by molar-refractivity contribution is -0.0514. The van der Waals surface area contributed by atoms with Gasteiger partial charge in [0.2, 0.25) is 5.95 Å². The van der Waals surface area contributed by atoms with Gasteiger partial charge in [-0.3, -0.25) is 28.0 Å². The highest BCUT2D eigenvalue weighted by Crippen LogP contribution is 2.73. The van der Waals surface area contributed by atoms with E-state index in [0.29, 0.717) is 0 Å². The molecule has 6 heterocycles. The number of nitrogen functional groups attached to an aromatic ring is 2. The predicted molar refractivity (Wildman–Crippen MR) is 192 cm³/mol. The standard InChI is InChI=1S/C20H28IN10O23P5/c21-19-27-8-15(28-20(23)29-16(8)36)31(19)18-12(35)10(33)6(50-18)2-48-56(39,40)52-58(43,44)54-59(45,46)53-57(41,42)51-55(37,38)47-1-5-9(32)11(34)17(49-5)30-4-26-7-13(22)24-3-25-14(7)30/h3-6,9-12,17-18,32-35H,1-2H2,(H,37,38)(H,39,40)(H,41,42)(H,43,44)(H,45,46)(H2,22,24,25)(H3,23,28,29,36)/t5-,6-,9-,10-,11-,12-,17-,18-/m1/s1. The zero-order valence-corrected chi connectivity index (χ0v) is 35.0. The first-order valence-electron chi connectivity index (χ1n) is 15.4. The molecular weight excluding hydrogens is 1030 g/mol. The number of H-pyrrole nitrogens is 1. The van der Waals surface area contributed by atoms with E-state index in [0.717, 1.165) is 21.8 Å². The van der Waals surface area contributed by atoms with Crippen LogP contribution < -0.4 is 17.0 Å². The molecule has 59 heavy (non-hydrogen) atoms. The van der Waals surface area contributed by atoms with Crippen molar-refractivity contribution in [3.63, 3.8) is 0 Å². The molecule has 39 heteroatoms. The van der Waals surface area contributed by atoms with Crippen molar-refractivity contribution < 1.29 is 103 Å². The van der Waals surface area contributed by atoms with Crippen LogP contribution in [0.25, 0.3) is 22.3 Å². The van der Waals surface area contributed by atoms with Crippen molar-refractivity contribution in [1.82, 2.24) is 39.0 Å². The number of anilines is 2. The lowest BCUT2D eigenvalue weighted by Crippen LogP contribution is -2.33. The van der Waals surface area contributed by atoms with Gasteiger partial charge in [0.05, 0.1) is 19.5 Å². The molecule has 6 rings (SSSR count). The summed E-state index contributed by atoms with van der Waals surface area (Å²) in [6, 6.07) is 0. The maximum Gasteiger partial charge on any atom is 0.490 e. The van der Waals surface area contributed by atoms with Gasteiger partial charge in [0.1, 0.15) is 48.5 Å². The minimum absolute atomic E-state index is 0.00633. The summed E-state index contributed by atoms with van der Waals surface area (Å²) in [6.45, 7) is -2.41. The van der Waals surface area contributed by atoms with E-state index < -0.39 is 107 Å². The Kier molecular flexibility index (Phi) is 13.1. The van der Waals surface area contributed by atoms with Crippen molar-refractivity contribution >= 4 is 95.8 Å². The summed E-state index contributed by atoms with van der Waals surface area (Å²) < 4.78 is 99.0. The smallest absolute Gasteiger partial charge is 0.387 e. The number of fused-ring (bicyclic) bond motifs is 2. The van der Waals surface area contributed by atoms with Crippen LogP contribution in [0.15, 0.2) is 17.4 Å². The van der Waals surface area contributed by atoms with E-state index in [9.17, 15) is 72.5 Å². The molecule has 0 saturated carbocycles. The highest BCUT2D eigenvalue weighted by atomic mass is 127. The highest BCUT2D eigenvalue weighted by Gasteiger charge is 2.51. The number of imidazole rings is 2. The first-order valence-corrected chi connectivity index (χ1v) is 23.9. The SMILES string of the molecule is Nc1nc2c(nc(I)n2[C@@H]2O[C@H](COP(=O)(O)OP(=O)(O)OP(=O)(O)OP(=O)(O)OP(=O)(O)OC[C@H]3O[C@@H](n4cnc5c(N)ncnc54)[C@H](O)[C@@H]3O)[C@@H](O)[C@H]2O)c(=O)[nH]1. The van der Waals surface area contributed by atoms with Crippen molar-refractivity contribution in [1.29, 1.82) is 0 Å². The minimum atomic E-state index is -6.48. The first-order chi connectivity index (χ1) is 27.2. The molecule has 13 atom stereocenters. The zero-order chi connectivity index (χ0) is 43.6. The molecule has 2 saturated heterocycles. The second kappa shape index (κ2) is 16.8. The van der Waals surface area contributed by atoms with Crippen molar-refractivity contribution in [2.75, 3.05) is 24.7 Å². The molecule has 33 nitrogen and oxygen atoms in total. The van der Waals surface area contributed by atoms with Crippen LogP contribution >= 0.6 is 61.7 Å². The van der Waals surface area contributed by atoms with Crippen molar-refractivity contribution in [2.24, 2.45) is 0 Å². The first kappa shape index (κ1) is 46.2. The fraction of sp³-hybridized carbons (Fsp3) is 0.500. The van der Waals surface area contributed by atoms with E-state index in [-0.39, 0.29) is 37.9 Å². The normalized spacial score (nSPS) is 30.1. The third-order valence-electron chi connectivity index (χ3n) is 7.75. The van der Waals surface area contributed by atoms with Crippen molar-refractivity contribution in [3.05, 3.63) is 26.8 Å². The molecule has 4 aromatic heterocycles. The van der Waals surface area contributed by atoms with E-state index in [1.807, 2.05) is 0 Å². The number of nitrogens with one attached hydrogen (secondary N) is 1. The Labute approximate surface area is 338 Å². The van der Waals surface area contributed by atoms with Gasteiger partial charge >= 0.3 is 39.1 Å². The van der Waals surface area contributed by atoms with Crippen LogP contribution in [0, 0.1) is 3.83 Å². The van der Waals surface area contributed by atoms with Crippen LogP contribution in [0.4, 0.5) is 11.8 Å². The second-order valence-corrected chi connectivity index (χ2v) is 20.6. The molecule has 2 aliphatic heterocycles. The third kappa shape index (κ3) is 10.3. The quantitative estimate of drug-likeness (QED) is 0.0315. The molecule has 5 unspecified atom stereocenters. The fourth-order valence-corrected chi connectivity index (χ4v) is 12.5. The molecule has 2 aliphatic rings. The van der Waals surface area contributed by atoms with Gasteiger partial charge in [0.15, 0.2) is 38.9 Å². The van der Waals surface area contributed by atoms with Crippen LogP contribution in [-0.4, -0.2) is 134 Å². The number of nitrogens with zero attached hydrogens (tertiary/aromatic N) is 7. The van der Waals surface area contributed by atoms with E-state index in [1.54, 1.807) is 22.6 Å². The van der Waals surface area contributed by atoms with Crippen LogP contribution in [0.2, 0.25) is 0 Å². The van der Waals surface area contributed by atoms with Gasteiger partial charge in [-0.25, -0.2) is 42.8 Å². The van der Waals surface area contributed by atoms with E-state index in [1.165, 1.54) is 0 Å². The average Bonchev–Trinajstić information content (AvgIpc) is 3.81. The number of halogens is 1. The lowest BCUT2D eigenvalue weighted by Gasteiger charge is -2.21. The largest absolute Gasteiger partial charge is 0.490 e. The third-order valence-corrected chi connectivity index (χ3v) is 16.1.